The lowest BCUT2D eigenvalue weighted by atomic mass is 10.3. The molecule has 1 saturated heterocycles. The normalized spacial score (nSPS) is 19.1. The minimum atomic E-state index is 0.736. The van der Waals surface area contributed by atoms with Gasteiger partial charge in [-0.05, 0) is 6.07 Å². The number of rotatable bonds is 4. The predicted octanol–water partition coefficient (Wildman–Crippen LogP) is 0.776. The number of hydrogen-bond acceptors (Lipinski definition) is 3. The van der Waals surface area contributed by atoms with Crippen molar-refractivity contribution in [2.45, 2.75) is 6.54 Å². The lowest BCUT2D eigenvalue weighted by Crippen LogP contribution is -2.46. The Morgan fingerprint density at radius 1 is 1.25 bits per heavy atom. The van der Waals surface area contributed by atoms with Crippen molar-refractivity contribution in [2.24, 2.45) is 7.05 Å². The zero-order valence-corrected chi connectivity index (χ0v) is 10.5. The van der Waals surface area contributed by atoms with E-state index in [1.54, 1.807) is 0 Å². The molecule has 0 N–H and O–H groups in total. The molecule has 1 aliphatic rings. The second-order valence-electron chi connectivity index (χ2n) is 4.29. The van der Waals surface area contributed by atoms with E-state index in [0.29, 0.717) is 0 Å². The van der Waals surface area contributed by atoms with Crippen LogP contribution in [0.15, 0.2) is 12.3 Å². The number of aromatic nitrogens is 2. The van der Waals surface area contributed by atoms with E-state index in [1.165, 1.54) is 0 Å². The fourth-order valence-electron chi connectivity index (χ4n) is 2.07. The Balaban J connectivity index is 1.77. The summed E-state index contributed by atoms with van der Waals surface area (Å²) in [6, 6.07) is 2.09. The Bertz CT molecular complexity index is 318. The third-order valence-electron chi connectivity index (χ3n) is 3.02. The molecule has 0 aliphatic carbocycles. The highest BCUT2D eigenvalue weighted by Gasteiger charge is 2.16. The number of aryl methyl sites for hydroxylation is 1. The molecular weight excluding hydrogens is 224 g/mol. The Labute approximate surface area is 102 Å². The third kappa shape index (κ3) is 3.20. The molecule has 0 saturated carbocycles. The molecule has 2 heterocycles. The van der Waals surface area contributed by atoms with Gasteiger partial charge in [0.2, 0.25) is 0 Å². The Morgan fingerprint density at radius 3 is 2.50 bits per heavy atom. The zero-order valence-electron chi connectivity index (χ0n) is 9.77. The first-order valence-electron chi connectivity index (χ1n) is 5.77. The van der Waals surface area contributed by atoms with Gasteiger partial charge in [0.15, 0.2) is 0 Å². The van der Waals surface area contributed by atoms with Crippen molar-refractivity contribution < 1.29 is 0 Å². The van der Waals surface area contributed by atoms with E-state index >= 15 is 0 Å². The molecule has 0 radical (unpaired) electrons. The van der Waals surface area contributed by atoms with Crippen molar-refractivity contribution >= 4 is 11.6 Å². The number of alkyl halides is 1. The summed E-state index contributed by atoms with van der Waals surface area (Å²) < 4.78 is 1.86. The van der Waals surface area contributed by atoms with Gasteiger partial charge >= 0.3 is 0 Å². The molecule has 0 unspecified atom stereocenters. The van der Waals surface area contributed by atoms with E-state index in [0.717, 1.165) is 50.8 Å². The highest BCUT2D eigenvalue weighted by molar-refractivity contribution is 6.18. The molecule has 0 atom stereocenters. The lowest BCUT2D eigenvalue weighted by molar-refractivity contribution is 0.131. The lowest BCUT2D eigenvalue weighted by Gasteiger charge is -2.33. The molecule has 0 spiro atoms. The van der Waals surface area contributed by atoms with Gasteiger partial charge in [-0.2, -0.15) is 5.10 Å². The van der Waals surface area contributed by atoms with Crippen LogP contribution in [0.3, 0.4) is 0 Å². The minimum absolute atomic E-state index is 0.736. The summed E-state index contributed by atoms with van der Waals surface area (Å²) in [6.45, 7) is 6.47. The maximum Gasteiger partial charge on any atom is 0.0764 e. The monoisotopic (exact) mass is 242 g/mol. The van der Waals surface area contributed by atoms with Crippen molar-refractivity contribution in [3.63, 3.8) is 0 Å². The topological polar surface area (TPSA) is 24.3 Å². The molecule has 0 bridgehead atoms. The van der Waals surface area contributed by atoms with E-state index in [-0.39, 0.29) is 0 Å². The maximum absolute atomic E-state index is 5.74. The van der Waals surface area contributed by atoms with Gasteiger partial charge in [-0.15, -0.1) is 11.6 Å². The predicted molar refractivity (Wildman–Crippen MR) is 65.6 cm³/mol. The second-order valence-corrected chi connectivity index (χ2v) is 4.67. The van der Waals surface area contributed by atoms with Gasteiger partial charge in [0.25, 0.3) is 0 Å². The minimum Gasteiger partial charge on any atom is -0.300 e. The van der Waals surface area contributed by atoms with Crippen LogP contribution in [0, 0.1) is 0 Å². The van der Waals surface area contributed by atoms with Gasteiger partial charge in [-0.1, -0.05) is 0 Å². The van der Waals surface area contributed by atoms with E-state index < -0.39 is 0 Å². The van der Waals surface area contributed by atoms with Gasteiger partial charge < -0.3 is 0 Å². The average molecular weight is 243 g/mol. The van der Waals surface area contributed by atoms with Crippen LogP contribution in [0.5, 0.6) is 0 Å². The molecule has 4 nitrogen and oxygen atoms in total. The average Bonchev–Trinajstić information content (AvgIpc) is 2.67. The maximum atomic E-state index is 5.74. The summed E-state index contributed by atoms with van der Waals surface area (Å²) in [7, 11) is 1.96. The number of halogens is 1. The van der Waals surface area contributed by atoms with Crippen LogP contribution in [0.25, 0.3) is 0 Å². The van der Waals surface area contributed by atoms with E-state index in [4.69, 9.17) is 11.6 Å². The van der Waals surface area contributed by atoms with Crippen molar-refractivity contribution in [1.29, 1.82) is 0 Å². The van der Waals surface area contributed by atoms with Gasteiger partial charge in [-0.3, -0.25) is 14.5 Å². The smallest absolute Gasteiger partial charge is 0.0764 e. The van der Waals surface area contributed by atoms with Crippen LogP contribution < -0.4 is 0 Å². The molecular formula is C11H19ClN4. The molecule has 1 aromatic rings. The first kappa shape index (κ1) is 11.9. The van der Waals surface area contributed by atoms with Gasteiger partial charge in [-0.25, -0.2) is 0 Å². The van der Waals surface area contributed by atoms with Gasteiger partial charge in [0, 0.05) is 58.4 Å². The second kappa shape index (κ2) is 5.66. The van der Waals surface area contributed by atoms with Crippen LogP contribution in [0.2, 0.25) is 0 Å². The fourth-order valence-corrected chi connectivity index (χ4v) is 2.31. The quantitative estimate of drug-likeness (QED) is 0.730. The summed E-state index contributed by atoms with van der Waals surface area (Å²) in [6.07, 6.45) is 2.00. The number of piperazine rings is 1. The molecule has 0 amide bonds. The largest absolute Gasteiger partial charge is 0.300 e. The molecule has 1 fully saturated rings. The van der Waals surface area contributed by atoms with E-state index in [2.05, 4.69) is 21.0 Å². The highest BCUT2D eigenvalue weighted by Crippen LogP contribution is 2.06. The van der Waals surface area contributed by atoms with Gasteiger partial charge in [0.1, 0.15) is 0 Å². The van der Waals surface area contributed by atoms with Crippen LogP contribution >= 0.6 is 11.6 Å². The molecule has 1 aliphatic heterocycles. The van der Waals surface area contributed by atoms with Crippen LogP contribution in [0.1, 0.15) is 5.69 Å². The Kier molecular flexibility index (Phi) is 4.21. The van der Waals surface area contributed by atoms with Crippen LogP contribution in [-0.4, -0.2) is 58.2 Å². The zero-order chi connectivity index (χ0) is 11.4. The van der Waals surface area contributed by atoms with E-state index in [9.17, 15) is 0 Å². The molecule has 0 aromatic carbocycles. The third-order valence-corrected chi connectivity index (χ3v) is 3.19. The van der Waals surface area contributed by atoms with Crippen molar-refractivity contribution in [1.82, 2.24) is 19.6 Å². The van der Waals surface area contributed by atoms with Crippen LogP contribution in [0.4, 0.5) is 0 Å². The Morgan fingerprint density at radius 2 is 1.94 bits per heavy atom. The summed E-state index contributed by atoms with van der Waals surface area (Å²) in [5.41, 5.74) is 1.16. The summed E-state index contributed by atoms with van der Waals surface area (Å²) in [5, 5.41) is 4.40. The highest BCUT2D eigenvalue weighted by atomic mass is 35.5. The van der Waals surface area contributed by atoms with Crippen molar-refractivity contribution in [2.75, 3.05) is 38.6 Å². The van der Waals surface area contributed by atoms with Gasteiger partial charge in [0.05, 0.1) is 5.69 Å². The SMILES string of the molecule is Cn1ccc(CN2CCN(CCCl)CC2)n1. The standard InChI is InChI=1S/C11H19ClN4/c1-14-4-2-11(13-14)10-16-8-6-15(5-3-12)7-9-16/h2,4H,3,5-10H2,1H3. The summed E-state index contributed by atoms with van der Waals surface area (Å²) >= 11 is 5.74. The summed E-state index contributed by atoms with van der Waals surface area (Å²) in [5.74, 6) is 0.736. The molecule has 2 rings (SSSR count). The van der Waals surface area contributed by atoms with E-state index in [1.807, 2.05) is 17.9 Å². The Hall–Kier alpha value is -0.580. The first-order chi connectivity index (χ1) is 7.78. The molecule has 90 valence electrons. The first-order valence-corrected chi connectivity index (χ1v) is 6.30. The van der Waals surface area contributed by atoms with Crippen molar-refractivity contribution in [3.8, 4) is 0 Å². The number of nitrogens with zero attached hydrogens (tertiary/aromatic N) is 4. The molecule has 1 aromatic heterocycles. The van der Waals surface area contributed by atoms with Crippen molar-refractivity contribution in [3.05, 3.63) is 18.0 Å². The number of hydrogen-bond donors (Lipinski definition) is 0. The van der Waals surface area contributed by atoms with Crippen LogP contribution in [-0.2, 0) is 13.6 Å². The molecule has 5 heteroatoms. The fraction of sp³-hybridized carbons (Fsp3) is 0.727. The summed E-state index contributed by atoms with van der Waals surface area (Å²) in [4.78, 5) is 4.87. The molecule has 16 heavy (non-hydrogen) atoms.